The minimum Gasteiger partial charge on any atom is -0.382 e. The van der Waals surface area contributed by atoms with E-state index in [1.165, 1.54) is 38.9 Å². The number of rotatable bonds is 11. The second-order valence-electron chi connectivity index (χ2n) is 7.15. The topological polar surface area (TPSA) is 48.9 Å². The van der Waals surface area contributed by atoms with E-state index in [0.717, 1.165) is 57.1 Å². The Balaban J connectivity index is 2.12. The first-order chi connectivity index (χ1) is 11.7. The standard InChI is InChI=1S/C19H40N4O/c1-5-20-19(22-11-9-13-24-6-2)21-10-7-8-12-23-15-17(3)14-18(4)16-23/h17-18H,5-16H2,1-4H3,(H2,20,21,22). The molecule has 1 rings (SSSR count). The second-order valence-corrected chi connectivity index (χ2v) is 7.15. The molecule has 0 aromatic carbocycles. The van der Waals surface area contributed by atoms with Crippen LogP contribution in [0.3, 0.4) is 0 Å². The summed E-state index contributed by atoms with van der Waals surface area (Å²) in [5.74, 6) is 2.65. The third kappa shape index (κ3) is 10.1. The van der Waals surface area contributed by atoms with E-state index in [2.05, 4.69) is 41.3 Å². The molecule has 1 fully saturated rings. The molecule has 0 radical (unpaired) electrons. The molecule has 2 N–H and O–H groups in total. The Hall–Kier alpha value is -0.810. The minimum absolute atomic E-state index is 0.788. The van der Waals surface area contributed by atoms with Gasteiger partial charge in [-0.2, -0.15) is 0 Å². The maximum atomic E-state index is 5.35. The van der Waals surface area contributed by atoms with Crippen LogP contribution in [0.5, 0.6) is 0 Å². The Morgan fingerprint density at radius 2 is 1.83 bits per heavy atom. The SMILES string of the molecule is CCNC(=NCCCOCC)NCCCCN1CC(C)CC(C)C1. The number of guanidine groups is 1. The lowest BCUT2D eigenvalue weighted by Crippen LogP contribution is -2.40. The Morgan fingerprint density at radius 1 is 1.08 bits per heavy atom. The number of aliphatic imine (C=N–C) groups is 1. The first-order valence-corrected chi connectivity index (χ1v) is 9.97. The molecular weight excluding hydrogens is 300 g/mol. The van der Waals surface area contributed by atoms with Gasteiger partial charge in [0, 0.05) is 45.9 Å². The Morgan fingerprint density at radius 3 is 2.50 bits per heavy atom. The average Bonchev–Trinajstić information content (AvgIpc) is 2.53. The van der Waals surface area contributed by atoms with Crippen molar-refractivity contribution in [2.75, 3.05) is 52.5 Å². The van der Waals surface area contributed by atoms with E-state index in [1.807, 2.05) is 6.92 Å². The fourth-order valence-electron chi connectivity index (χ4n) is 3.49. The van der Waals surface area contributed by atoms with Crippen molar-refractivity contribution in [2.45, 2.75) is 53.4 Å². The number of piperidine rings is 1. The molecule has 0 amide bonds. The molecule has 0 aromatic heterocycles. The summed E-state index contributed by atoms with van der Waals surface area (Å²) in [7, 11) is 0. The van der Waals surface area contributed by atoms with Crippen LogP contribution < -0.4 is 10.6 Å². The Labute approximate surface area is 149 Å². The molecule has 1 heterocycles. The van der Waals surface area contributed by atoms with Crippen molar-refractivity contribution in [3.05, 3.63) is 0 Å². The molecule has 2 unspecified atom stereocenters. The molecule has 5 heteroatoms. The smallest absolute Gasteiger partial charge is 0.191 e. The van der Waals surface area contributed by atoms with Crippen molar-refractivity contribution in [1.82, 2.24) is 15.5 Å². The highest BCUT2D eigenvalue weighted by Crippen LogP contribution is 2.20. The van der Waals surface area contributed by atoms with Crippen LogP contribution in [0.4, 0.5) is 0 Å². The van der Waals surface area contributed by atoms with Crippen molar-refractivity contribution in [2.24, 2.45) is 16.8 Å². The summed E-state index contributed by atoms with van der Waals surface area (Å²) in [6.45, 7) is 17.0. The van der Waals surface area contributed by atoms with E-state index in [9.17, 15) is 0 Å². The van der Waals surface area contributed by atoms with E-state index >= 15 is 0 Å². The van der Waals surface area contributed by atoms with Crippen LogP contribution in [0, 0.1) is 11.8 Å². The highest BCUT2D eigenvalue weighted by molar-refractivity contribution is 5.79. The molecule has 0 saturated carbocycles. The van der Waals surface area contributed by atoms with Gasteiger partial charge >= 0.3 is 0 Å². The number of hydrogen-bond acceptors (Lipinski definition) is 3. The number of hydrogen-bond donors (Lipinski definition) is 2. The van der Waals surface area contributed by atoms with Gasteiger partial charge in [-0.25, -0.2) is 0 Å². The predicted octanol–water partition coefficient (Wildman–Crippen LogP) is 2.73. The Kier molecular flexibility index (Phi) is 11.9. The van der Waals surface area contributed by atoms with Gasteiger partial charge in [0.2, 0.25) is 0 Å². The van der Waals surface area contributed by atoms with Gasteiger partial charge in [0.05, 0.1) is 0 Å². The fourth-order valence-corrected chi connectivity index (χ4v) is 3.49. The predicted molar refractivity (Wildman–Crippen MR) is 104 cm³/mol. The summed E-state index contributed by atoms with van der Waals surface area (Å²) in [5, 5.41) is 6.76. The maximum absolute atomic E-state index is 5.35. The quantitative estimate of drug-likeness (QED) is 0.345. The molecule has 1 aliphatic heterocycles. The van der Waals surface area contributed by atoms with E-state index in [-0.39, 0.29) is 0 Å². The molecule has 1 saturated heterocycles. The van der Waals surface area contributed by atoms with Crippen LogP contribution in [0.25, 0.3) is 0 Å². The molecule has 24 heavy (non-hydrogen) atoms. The molecular formula is C19H40N4O. The van der Waals surface area contributed by atoms with Crippen LogP contribution >= 0.6 is 0 Å². The van der Waals surface area contributed by atoms with Crippen LogP contribution in [0.1, 0.15) is 53.4 Å². The van der Waals surface area contributed by atoms with Crippen molar-refractivity contribution < 1.29 is 4.74 Å². The lowest BCUT2D eigenvalue weighted by molar-refractivity contribution is 0.139. The van der Waals surface area contributed by atoms with E-state index in [0.29, 0.717) is 0 Å². The summed E-state index contributed by atoms with van der Waals surface area (Å²) in [6, 6.07) is 0. The molecule has 0 aliphatic carbocycles. The summed E-state index contributed by atoms with van der Waals surface area (Å²) in [4.78, 5) is 7.24. The zero-order valence-corrected chi connectivity index (χ0v) is 16.4. The van der Waals surface area contributed by atoms with Crippen LogP contribution in [-0.2, 0) is 4.74 Å². The zero-order chi connectivity index (χ0) is 17.6. The monoisotopic (exact) mass is 340 g/mol. The van der Waals surface area contributed by atoms with Gasteiger partial charge in [0.25, 0.3) is 0 Å². The number of nitrogens with one attached hydrogen (secondary N) is 2. The summed E-state index contributed by atoms with van der Waals surface area (Å²) >= 11 is 0. The van der Waals surface area contributed by atoms with Gasteiger partial charge in [-0.05, 0) is 57.9 Å². The largest absolute Gasteiger partial charge is 0.382 e. The number of likely N-dealkylation sites (tertiary alicyclic amines) is 1. The lowest BCUT2D eigenvalue weighted by atomic mass is 9.92. The van der Waals surface area contributed by atoms with E-state index < -0.39 is 0 Å². The first kappa shape index (κ1) is 21.2. The van der Waals surface area contributed by atoms with Crippen molar-refractivity contribution in [1.29, 1.82) is 0 Å². The fraction of sp³-hybridized carbons (Fsp3) is 0.947. The molecule has 5 nitrogen and oxygen atoms in total. The highest BCUT2D eigenvalue weighted by atomic mass is 16.5. The maximum Gasteiger partial charge on any atom is 0.191 e. The van der Waals surface area contributed by atoms with Gasteiger partial charge in [-0.1, -0.05) is 13.8 Å². The normalized spacial score (nSPS) is 22.6. The van der Waals surface area contributed by atoms with Crippen molar-refractivity contribution in [3.63, 3.8) is 0 Å². The van der Waals surface area contributed by atoms with Crippen molar-refractivity contribution >= 4 is 5.96 Å². The highest BCUT2D eigenvalue weighted by Gasteiger charge is 2.20. The number of nitrogens with zero attached hydrogens (tertiary/aromatic N) is 2. The summed E-state index contributed by atoms with van der Waals surface area (Å²) in [6.07, 6.45) is 4.83. The van der Waals surface area contributed by atoms with Gasteiger partial charge in [0.15, 0.2) is 5.96 Å². The van der Waals surface area contributed by atoms with E-state index in [1.54, 1.807) is 0 Å². The molecule has 1 aliphatic rings. The molecule has 142 valence electrons. The number of unbranched alkanes of at least 4 members (excludes halogenated alkanes) is 1. The van der Waals surface area contributed by atoms with Gasteiger partial charge in [-0.15, -0.1) is 0 Å². The molecule has 0 bridgehead atoms. The first-order valence-electron chi connectivity index (χ1n) is 9.97. The molecule has 2 atom stereocenters. The van der Waals surface area contributed by atoms with E-state index in [4.69, 9.17) is 4.74 Å². The zero-order valence-electron chi connectivity index (χ0n) is 16.4. The van der Waals surface area contributed by atoms with Crippen LogP contribution in [-0.4, -0.2) is 63.3 Å². The second kappa shape index (κ2) is 13.5. The summed E-state index contributed by atoms with van der Waals surface area (Å²) < 4.78 is 5.35. The average molecular weight is 341 g/mol. The third-order valence-corrected chi connectivity index (χ3v) is 4.40. The van der Waals surface area contributed by atoms with Gasteiger partial charge in [0.1, 0.15) is 0 Å². The summed E-state index contributed by atoms with van der Waals surface area (Å²) in [5.41, 5.74) is 0. The molecule has 0 spiro atoms. The van der Waals surface area contributed by atoms with Gasteiger partial charge < -0.3 is 20.3 Å². The third-order valence-electron chi connectivity index (χ3n) is 4.40. The Bertz CT molecular complexity index is 325. The van der Waals surface area contributed by atoms with Crippen LogP contribution in [0.2, 0.25) is 0 Å². The number of ether oxygens (including phenoxy) is 1. The van der Waals surface area contributed by atoms with Crippen molar-refractivity contribution in [3.8, 4) is 0 Å². The van der Waals surface area contributed by atoms with Crippen LogP contribution in [0.15, 0.2) is 4.99 Å². The molecule has 0 aromatic rings. The minimum atomic E-state index is 0.788. The lowest BCUT2D eigenvalue weighted by Gasteiger charge is -2.34. The van der Waals surface area contributed by atoms with Gasteiger partial charge in [-0.3, -0.25) is 4.99 Å².